The molecule has 1 aliphatic heterocycles. The lowest BCUT2D eigenvalue weighted by atomic mass is 9.86. The van der Waals surface area contributed by atoms with Crippen LogP contribution in [0.2, 0.25) is 5.02 Å². The molecule has 9 heteroatoms. The lowest BCUT2D eigenvalue weighted by Crippen LogP contribution is -2.60. The van der Waals surface area contributed by atoms with Gasteiger partial charge in [0.15, 0.2) is 6.61 Å². The summed E-state index contributed by atoms with van der Waals surface area (Å²) in [5.74, 6) is -0.529. The molecule has 1 heterocycles. The van der Waals surface area contributed by atoms with E-state index in [2.05, 4.69) is 10.2 Å². The van der Waals surface area contributed by atoms with Crippen LogP contribution in [0.3, 0.4) is 0 Å². The van der Waals surface area contributed by atoms with Gasteiger partial charge in [0.1, 0.15) is 11.6 Å². The van der Waals surface area contributed by atoms with Crippen LogP contribution < -0.4 is 10.1 Å². The first-order chi connectivity index (χ1) is 13.8. The second-order valence-electron chi connectivity index (χ2n) is 7.57. The van der Waals surface area contributed by atoms with Crippen molar-refractivity contribution in [3.05, 3.63) is 29.0 Å². The van der Waals surface area contributed by atoms with Gasteiger partial charge in [-0.2, -0.15) is 0 Å². The van der Waals surface area contributed by atoms with Crippen LogP contribution in [0.1, 0.15) is 26.2 Å². The molecule has 3 atom stereocenters. The second-order valence-corrected chi connectivity index (χ2v) is 7.98. The molecule has 1 saturated heterocycles. The first-order valence-corrected chi connectivity index (χ1v) is 10.3. The van der Waals surface area contributed by atoms with Gasteiger partial charge in [0.05, 0.1) is 17.2 Å². The third-order valence-electron chi connectivity index (χ3n) is 5.66. The first kappa shape index (κ1) is 21.8. The van der Waals surface area contributed by atoms with E-state index >= 15 is 0 Å². The smallest absolute Gasteiger partial charge is 0.258 e. The fourth-order valence-corrected chi connectivity index (χ4v) is 4.22. The number of aliphatic hydroxyl groups is 1. The third kappa shape index (κ3) is 5.58. The maximum atomic E-state index is 13.2. The quantitative estimate of drug-likeness (QED) is 0.742. The predicted molar refractivity (Wildman–Crippen MR) is 106 cm³/mol. The van der Waals surface area contributed by atoms with E-state index < -0.39 is 11.9 Å². The van der Waals surface area contributed by atoms with Crippen molar-refractivity contribution in [2.24, 2.45) is 0 Å². The molecule has 1 aromatic carbocycles. The molecule has 29 heavy (non-hydrogen) atoms. The van der Waals surface area contributed by atoms with Gasteiger partial charge in [-0.1, -0.05) is 11.6 Å². The summed E-state index contributed by atoms with van der Waals surface area (Å²) in [5, 5.41) is 13.6. The summed E-state index contributed by atoms with van der Waals surface area (Å²) in [6, 6.07) is 3.50. The van der Waals surface area contributed by atoms with Crippen LogP contribution in [-0.4, -0.2) is 77.7 Å². The Hall–Kier alpha value is -1.90. The number of halogens is 2. The molecular weight excluding hydrogens is 401 g/mol. The summed E-state index contributed by atoms with van der Waals surface area (Å²) in [6.45, 7) is 4.08. The zero-order chi connectivity index (χ0) is 21.0. The van der Waals surface area contributed by atoms with E-state index in [-0.39, 0.29) is 35.5 Å². The Kier molecular flexibility index (Phi) is 7.32. The fourth-order valence-electron chi connectivity index (χ4n) is 4.05. The number of benzene rings is 1. The molecule has 0 unspecified atom stereocenters. The molecule has 7 nitrogen and oxygen atoms in total. The Bertz CT molecular complexity index is 742. The van der Waals surface area contributed by atoms with Crippen LogP contribution in [0.25, 0.3) is 0 Å². The molecule has 3 rings (SSSR count). The lowest BCUT2D eigenvalue weighted by molar-refractivity contribution is -0.132. The summed E-state index contributed by atoms with van der Waals surface area (Å²) >= 11 is 5.71. The van der Waals surface area contributed by atoms with Crippen molar-refractivity contribution in [1.29, 1.82) is 0 Å². The van der Waals surface area contributed by atoms with Gasteiger partial charge < -0.3 is 20.1 Å². The van der Waals surface area contributed by atoms with Crippen LogP contribution in [-0.2, 0) is 9.59 Å². The van der Waals surface area contributed by atoms with Gasteiger partial charge in [0.25, 0.3) is 5.91 Å². The van der Waals surface area contributed by atoms with Crippen molar-refractivity contribution in [2.75, 3.05) is 32.8 Å². The number of rotatable bonds is 5. The standard InChI is InChI=1S/C20H27ClFN3O4/c1-13(26)24-7-9-25(10-8-24)18-4-2-3-17(20(18)28)23-19(27)12-29-14-5-6-16(22)15(21)11-14/h5-6,11,17-18,20,28H,2-4,7-10,12H2,1H3,(H,23,27)/t17-,18-,20-/m1/s1. The summed E-state index contributed by atoms with van der Waals surface area (Å²) in [7, 11) is 0. The minimum atomic E-state index is -0.683. The fraction of sp³-hybridized carbons (Fsp3) is 0.600. The highest BCUT2D eigenvalue weighted by Gasteiger charge is 2.37. The van der Waals surface area contributed by atoms with Gasteiger partial charge in [-0.15, -0.1) is 0 Å². The Morgan fingerprint density at radius 3 is 2.66 bits per heavy atom. The number of ether oxygens (including phenoxy) is 1. The average molecular weight is 428 g/mol. The Morgan fingerprint density at radius 1 is 1.28 bits per heavy atom. The summed E-state index contributed by atoms with van der Waals surface area (Å²) < 4.78 is 18.5. The van der Waals surface area contributed by atoms with Crippen molar-refractivity contribution < 1.29 is 23.8 Å². The summed E-state index contributed by atoms with van der Waals surface area (Å²) in [5.41, 5.74) is 0. The van der Waals surface area contributed by atoms with E-state index in [1.54, 1.807) is 6.92 Å². The highest BCUT2D eigenvalue weighted by atomic mass is 35.5. The number of carbonyl (C=O) groups excluding carboxylic acids is 2. The van der Waals surface area contributed by atoms with Crippen molar-refractivity contribution in [3.8, 4) is 5.75 Å². The zero-order valence-corrected chi connectivity index (χ0v) is 17.2. The van der Waals surface area contributed by atoms with E-state index in [4.69, 9.17) is 16.3 Å². The minimum Gasteiger partial charge on any atom is -0.484 e. The minimum absolute atomic E-state index is 0.0417. The maximum absolute atomic E-state index is 13.2. The molecule has 0 spiro atoms. The SMILES string of the molecule is CC(=O)N1CCN([C@@H]2CCC[C@@H](NC(=O)COc3ccc(F)c(Cl)c3)[C@H]2O)CC1. The molecule has 2 fully saturated rings. The van der Waals surface area contributed by atoms with Gasteiger partial charge in [0.2, 0.25) is 5.91 Å². The lowest BCUT2D eigenvalue weighted by Gasteiger charge is -2.45. The van der Waals surface area contributed by atoms with Crippen LogP contribution >= 0.6 is 11.6 Å². The topological polar surface area (TPSA) is 82.1 Å². The Morgan fingerprint density at radius 2 is 2.00 bits per heavy atom. The largest absolute Gasteiger partial charge is 0.484 e. The van der Waals surface area contributed by atoms with Gasteiger partial charge in [-0.25, -0.2) is 4.39 Å². The first-order valence-electron chi connectivity index (χ1n) is 9.90. The van der Waals surface area contributed by atoms with E-state index in [1.807, 2.05) is 4.90 Å². The molecule has 160 valence electrons. The molecule has 1 saturated carbocycles. The highest BCUT2D eigenvalue weighted by molar-refractivity contribution is 6.30. The molecular formula is C20H27ClFN3O4. The van der Waals surface area contributed by atoms with E-state index in [0.717, 1.165) is 25.9 Å². The van der Waals surface area contributed by atoms with E-state index in [0.29, 0.717) is 25.3 Å². The monoisotopic (exact) mass is 427 g/mol. The molecule has 2 N–H and O–H groups in total. The van der Waals surface area contributed by atoms with Crippen LogP contribution in [0.4, 0.5) is 4.39 Å². The second kappa shape index (κ2) is 9.73. The van der Waals surface area contributed by atoms with E-state index in [9.17, 15) is 19.1 Å². The number of amides is 2. The van der Waals surface area contributed by atoms with E-state index in [1.165, 1.54) is 18.2 Å². The molecule has 1 aromatic rings. The summed E-state index contributed by atoms with van der Waals surface area (Å²) in [6.07, 6.45) is 1.77. The predicted octanol–water partition coefficient (Wildman–Crippen LogP) is 1.42. The molecule has 2 aliphatic rings. The van der Waals surface area contributed by atoms with Crippen molar-refractivity contribution >= 4 is 23.4 Å². The number of nitrogens with zero attached hydrogens (tertiary/aromatic N) is 2. The highest BCUT2D eigenvalue weighted by Crippen LogP contribution is 2.25. The number of aliphatic hydroxyl groups excluding tert-OH is 1. The Balaban J connectivity index is 1.49. The van der Waals surface area contributed by atoms with Gasteiger partial charge in [-0.3, -0.25) is 14.5 Å². The number of hydrogen-bond acceptors (Lipinski definition) is 5. The number of piperazine rings is 1. The molecule has 0 bridgehead atoms. The third-order valence-corrected chi connectivity index (χ3v) is 5.95. The normalized spacial score (nSPS) is 25.5. The van der Waals surface area contributed by atoms with Gasteiger partial charge in [-0.05, 0) is 31.4 Å². The van der Waals surface area contributed by atoms with Gasteiger partial charge in [0, 0.05) is 45.2 Å². The molecule has 2 amide bonds. The average Bonchev–Trinajstić information content (AvgIpc) is 2.70. The van der Waals surface area contributed by atoms with Crippen LogP contribution in [0, 0.1) is 5.82 Å². The number of carbonyl (C=O) groups is 2. The van der Waals surface area contributed by atoms with Crippen LogP contribution in [0.15, 0.2) is 18.2 Å². The number of hydrogen-bond donors (Lipinski definition) is 2. The zero-order valence-electron chi connectivity index (χ0n) is 16.4. The van der Waals surface area contributed by atoms with Gasteiger partial charge >= 0.3 is 0 Å². The van der Waals surface area contributed by atoms with Crippen molar-refractivity contribution in [1.82, 2.24) is 15.1 Å². The molecule has 0 radical (unpaired) electrons. The molecule has 0 aromatic heterocycles. The Labute approximate surface area is 174 Å². The van der Waals surface area contributed by atoms with Crippen molar-refractivity contribution in [2.45, 2.75) is 44.4 Å². The maximum Gasteiger partial charge on any atom is 0.258 e. The number of nitrogens with one attached hydrogen (secondary N) is 1. The van der Waals surface area contributed by atoms with Crippen molar-refractivity contribution in [3.63, 3.8) is 0 Å². The van der Waals surface area contributed by atoms with Crippen LogP contribution in [0.5, 0.6) is 5.75 Å². The molecule has 1 aliphatic carbocycles. The summed E-state index contributed by atoms with van der Waals surface area (Å²) in [4.78, 5) is 27.8.